The summed E-state index contributed by atoms with van der Waals surface area (Å²) >= 11 is 0. The number of nitrogens with zero attached hydrogens (tertiary/aromatic N) is 3. The summed E-state index contributed by atoms with van der Waals surface area (Å²) in [5, 5.41) is 24.0. The van der Waals surface area contributed by atoms with E-state index in [-0.39, 0.29) is 0 Å². The van der Waals surface area contributed by atoms with E-state index in [0.717, 1.165) is 0 Å². The molecule has 1 aromatic carbocycles. The molecular formula is C10H9N5O3. The zero-order valence-electron chi connectivity index (χ0n) is 9.12. The Bertz CT molecular complexity index is 567. The minimum Gasteiger partial charge on any atom is -0.480 e. The third-order valence-electron chi connectivity index (χ3n) is 2.13. The van der Waals surface area contributed by atoms with Gasteiger partial charge in [-0.15, -0.1) is 10.2 Å². The molecule has 8 heteroatoms. The van der Waals surface area contributed by atoms with Crippen molar-refractivity contribution < 1.29 is 14.7 Å². The lowest BCUT2D eigenvalue weighted by atomic mass is 10.1. The Hall–Kier alpha value is -2.77. The van der Waals surface area contributed by atoms with Crippen molar-refractivity contribution in [3.05, 3.63) is 29.8 Å². The van der Waals surface area contributed by atoms with Crippen LogP contribution in [0.1, 0.15) is 10.4 Å². The molecule has 0 aliphatic carbocycles. The van der Waals surface area contributed by atoms with Crippen molar-refractivity contribution in [2.75, 3.05) is 6.54 Å². The first-order chi connectivity index (χ1) is 8.66. The second kappa shape index (κ2) is 5.04. The van der Waals surface area contributed by atoms with Gasteiger partial charge in [-0.25, -0.2) is 0 Å². The zero-order valence-corrected chi connectivity index (χ0v) is 9.12. The minimum absolute atomic E-state index is 0.332. The standard InChI is InChI=1S/C10H9N5O3/c16-8(17)5-11-10(18)7-3-1-2-6(4-7)9-12-14-15-13-9/h1-4H,5H2,(H,11,18)(H,16,17)(H,12,13,14,15). The molecule has 0 radical (unpaired) electrons. The van der Waals surface area contributed by atoms with E-state index < -0.39 is 18.4 Å². The fourth-order valence-electron chi connectivity index (χ4n) is 1.34. The van der Waals surface area contributed by atoms with E-state index in [2.05, 4.69) is 25.9 Å². The van der Waals surface area contributed by atoms with Crippen molar-refractivity contribution in [2.45, 2.75) is 0 Å². The number of hydrogen-bond donors (Lipinski definition) is 3. The molecule has 8 nitrogen and oxygen atoms in total. The SMILES string of the molecule is O=C(O)CNC(=O)c1cccc(-c2nn[nH]n2)c1. The molecule has 0 atom stereocenters. The monoisotopic (exact) mass is 247 g/mol. The second-order valence-corrected chi connectivity index (χ2v) is 3.39. The van der Waals surface area contributed by atoms with Crippen LogP contribution in [0.25, 0.3) is 11.4 Å². The fraction of sp³-hybridized carbons (Fsp3) is 0.100. The van der Waals surface area contributed by atoms with Crippen molar-refractivity contribution >= 4 is 11.9 Å². The number of rotatable bonds is 4. The number of tetrazole rings is 1. The molecule has 0 aliphatic heterocycles. The van der Waals surface area contributed by atoms with Gasteiger partial charge < -0.3 is 10.4 Å². The number of amides is 1. The van der Waals surface area contributed by atoms with Crippen LogP contribution in [-0.2, 0) is 4.79 Å². The Morgan fingerprint density at radius 2 is 2.22 bits per heavy atom. The summed E-state index contributed by atoms with van der Waals surface area (Å²) in [4.78, 5) is 22.0. The van der Waals surface area contributed by atoms with Gasteiger partial charge in [-0.3, -0.25) is 9.59 Å². The normalized spacial score (nSPS) is 10.0. The van der Waals surface area contributed by atoms with Gasteiger partial charge in [-0.2, -0.15) is 5.21 Å². The lowest BCUT2D eigenvalue weighted by Crippen LogP contribution is -2.29. The van der Waals surface area contributed by atoms with Crippen LogP contribution in [0.5, 0.6) is 0 Å². The molecule has 2 rings (SSSR count). The van der Waals surface area contributed by atoms with Gasteiger partial charge in [0.05, 0.1) is 0 Å². The summed E-state index contributed by atoms with van der Waals surface area (Å²) < 4.78 is 0. The van der Waals surface area contributed by atoms with Gasteiger partial charge in [0.1, 0.15) is 6.54 Å². The van der Waals surface area contributed by atoms with Crippen LogP contribution in [0.4, 0.5) is 0 Å². The largest absolute Gasteiger partial charge is 0.480 e. The van der Waals surface area contributed by atoms with Crippen molar-refractivity contribution in [3.8, 4) is 11.4 Å². The summed E-state index contributed by atoms with van der Waals surface area (Å²) in [6.07, 6.45) is 0. The van der Waals surface area contributed by atoms with Crippen LogP contribution in [-0.4, -0.2) is 44.2 Å². The third kappa shape index (κ3) is 2.67. The summed E-state index contributed by atoms with van der Waals surface area (Å²) in [6.45, 7) is -0.425. The minimum atomic E-state index is -1.10. The van der Waals surface area contributed by atoms with E-state index >= 15 is 0 Å². The van der Waals surface area contributed by atoms with E-state index in [4.69, 9.17) is 5.11 Å². The number of aromatic nitrogens is 4. The molecular weight excluding hydrogens is 238 g/mol. The van der Waals surface area contributed by atoms with E-state index in [0.29, 0.717) is 17.0 Å². The number of carbonyl (C=O) groups excluding carboxylic acids is 1. The van der Waals surface area contributed by atoms with Crippen molar-refractivity contribution in [2.24, 2.45) is 0 Å². The van der Waals surface area contributed by atoms with Gasteiger partial charge >= 0.3 is 5.97 Å². The van der Waals surface area contributed by atoms with Crippen LogP contribution < -0.4 is 5.32 Å². The maximum atomic E-state index is 11.6. The van der Waals surface area contributed by atoms with Crippen LogP contribution in [0, 0.1) is 0 Å². The quantitative estimate of drug-likeness (QED) is 0.680. The molecule has 0 saturated carbocycles. The van der Waals surface area contributed by atoms with Crippen LogP contribution in [0.2, 0.25) is 0 Å². The van der Waals surface area contributed by atoms with Crippen LogP contribution >= 0.6 is 0 Å². The second-order valence-electron chi connectivity index (χ2n) is 3.39. The number of nitrogens with one attached hydrogen (secondary N) is 2. The Labute approximate surface area is 101 Å². The van der Waals surface area contributed by atoms with Gasteiger partial charge in [-0.1, -0.05) is 12.1 Å². The number of aromatic amines is 1. The highest BCUT2D eigenvalue weighted by molar-refractivity contribution is 5.96. The molecule has 3 N–H and O–H groups in total. The molecule has 2 aromatic rings. The molecule has 0 fully saturated rings. The van der Waals surface area contributed by atoms with Gasteiger partial charge in [-0.05, 0) is 17.3 Å². The highest BCUT2D eigenvalue weighted by Crippen LogP contribution is 2.14. The van der Waals surface area contributed by atoms with Crippen LogP contribution in [0.3, 0.4) is 0 Å². The van der Waals surface area contributed by atoms with Gasteiger partial charge in [0.2, 0.25) is 5.82 Å². The Balaban J connectivity index is 2.17. The molecule has 1 aromatic heterocycles. The lowest BCUT2D eigenvalue weighted by molar-refractivity contribution is -0.135. The molecule has 1 heterocycles. The number of carbonyl (C=O) groups is 2. The third-order valence-corrected chi connectivity index (χ3v) is 2.13. The van der Waals surface area contributed by atoms with Crippen molar-refractivity contribution in [3.63, 3.8) is 0 Å². The average molecular weight is 247 g/mol. The van der Waals surface area contributed by atoms with E-state index in [1.807, 2.05) is 0 Å². The smallest absolute Gasteiger partial charge is 0.322 e. The van der Waals surface area contributed by atoms with Crippen LogP contribution in [0.15, 0.2) is 24.3 Å². The van der Waals surface area contributed by atoms with Gasteiger partial charge in [0.25, 0.3) is 5.91 Å². The molecule has 1 amide bonds. The highest BCUT2D eigenvalue weighted by Gasteiger charge is 2.09. The number of benzene rings is 1. The lowest BCUT2D eigenvalue weighted by Gasteiger charge is -2.03. The first kappa shape index (κ1) is 11.7. The molecule has 0 unspecified atom stereocenters. The number of aliphatic carboxylic acids is 1. The highest BCUT2D eigenvalue weighted by atomic mass is 16.4. The number of H-pyrrole nitrogens is 1. The maximum Gasteiger partial charge on any atom is 0.322 e. The van der Waals surface area contributed by atoms with Crippen molar-refractivity contribution in [1.82, 2.24) is 25.9 Å². The summed E-state index contributed by atoms with van der Waals surface area (Å²) in [6, 6.07) is 6.50. The van der Waals surface area contributed by atoms with Crippen molar-refractivity contribution in [1.29, 1.82) is 0 Å². The average Bonchev–Trinajstić information content (AvgIpc) is 2.90. The molecule has 18 heavy (non-hydrogen) atoms. The van der Waals surface area contributed by atoms with E-state index in [1.165, 1.54) is 0 Å². The number of carboxylic acid groups (broad SMARTS) is 1. The topological polar surface area (TPSA) is 121 Å². The first-order valence-corrected chi connectivity index (χ1v) is 5.00. The van der Waals surface area contributed by atoms with E-state index in [9.17, 15) is 9.59 Å². The number of carboxylic acids is 1. The summed E-state index contributed by atoms with van der Waals surface area (Å²) in [7, 11) is 0. The Morgan fingerprint density at radius 1 is 1.39 bits per heavy atom. The molecule has 92 valence electrons. The predicted octanol–water partition coefficient (Wildman–Crippen LogP) is -0.319. The predicted molar refractivity (Wildman–Crippen MR) is 59.6 cm³/mol. The Morgan fingerprint density at radius 3 is 2.89 bits per heavy atom. The molecule has 0 aliphatic rings. The first-order valence-electron chi connectivity index (χ1n) is 5.00. The number of hydrogen-bond acceptors (Lipinski definition) is 5. The summed E-state index contributed by atoms with van der Waals surface area (Å²) in [5.74, 6) is -1.21. The summed E-state index contributed by atoms with van der Waals surface area (Å²) in [5.41, 5.74) is 0.949. The van der Waals surface area contributed by atoms with E-state index in [1.54, 1.807) is 24.3 Å². The molecule has 0 saturated heterocycles. The molecule has 0 bridgehead atoms. The fourth-order valence-corrected chi connectivity index (χ4v) is 1.34. The maximum absolute atomic E-state index is 11.6. The molecule has 0 spiro atoms. The Kier molecular flexibility index (Phi) is 3.28. The van der Waals surface area contributed by atoms with Gasteiger partial charge in [0, 0.05) is 11.1 Å². The zero-order chi connectivity index (χ0) is 13.0. The van der Waals surface area contributed by atoms with Gasteiger partial charge in [0.15, 0.2) is 0 Å².